The molecule has 1 aromatic rings. The van der Waals surface area contributed by atoms with E-state index in [4.69, 9.17) is 5.73 Å². The lowest BCUT2D eigenvalue weighted by Gasteiger charge is -2.35. The third-order valence-corrected chi connectivity index (χ3v) is 4.27. The van der Waals surface area contributed by atoms with Gasteiger partial charge in [-0.15, -0.1) is 0 Å². The topological polar surface area (TPSA) is 29.3 Å². The van der Waals surface area contributed by atoms with Crippen LogP contribution in [0.15, 0.2) is 18.2 Å². The molecule has 1 fully saturated rings. The predicted octanol–water partition coefficient (Wildman–Crippen LogP) is 3.23. The first-order valence-electron chi connectivity index (χ1n) is 7.34. The first-order chi connectivity index (χ1) is 9.10. The summed E-state index contributed by atoms with van der Waals surface area (Å²) in [5, 5.41) is 0. The van der Waals surface area contributed by atoms with Crippen molar-refractivity contribution in [3.63, 3.8) is 0 Å². The quantitative estimate of drug-likeness (QED) is 0.904. The summed E-state index contributed by atoms with van der Waals surface area (Å²) in [5.41, 5.74) is 7.91. The van der Waals surface area contributed by atoms with Crippen molar-refractivity contribution in [1.82, 2.24) is 4.90 Å². The lowest BCUT2D eigenvalue weighted by atomic mass is 9.90. The Kier molecular flexibility index (Phi) is 4.94. The highest BCUT2D eigenvalue weighted by Gasteiger charge is 2.23. The van der Waals surface area contributed by atoms with Crippen LogP contribution in [0.4, 0.5) is 4.39 Å². The van der Waals surface area contributed by atoms with Crippen molar-refractivity contribution in [2.24, 2.45) is 5.73 Å². The molecule has 0 aliphatic heterocycles. The van der Waals surface area contributed by atoms with Gasteiger partial charge in [-0.2, -0.15) is 0 Å². The zero-order valence-corrected chi connectivity index (χ0v) is 12.0. The molecule has 0 unspecified atom stereocenters. The third kappa shape index (κ3) is 3.77. The normalized spacial score (nSPS) is 23.8. The van der Waals surface area contributed by atoms with Crippen LogP contribution >= 0.6 is 0 Å². The van der Waals surface area contributed by atoms with Gasteiger partial charge in [0.15, 0.2) is 0 Å². The van der Waals surface area contributed by atoms with Crippen LogP contribution in [0.1, 0.15) is 43.7 Å². The molecule has 2 N–H and O–H groups in total. The van der Waals surface area contributed by atoms with Gasteiger partial charge in [0.2, 0.25) is 0 Å². The van der Waals surface area contributed by atoms with E-state index >= 15 is 0 Å². The molecule has 0 spiro atoms. The summed E-state index contributed by atoms with van der Waals surface area (Å²) in [4.78, 5) is 2.50. The summed E-state index contributed by atoms with van der Waals surface area (Å²) in [5.74, 6) is -0.115. The van der Waals surface area contributed by atoms with Crippen molar-refractivity contribution in [3.05, 3.63) is 35.1 Å². The molecule has 0 atom stereocenters. The zero-order chi connectivity index (χ0) is 13.8. The number of halogens is 1. The Balaban J connectivity index is 2.00. The van der Waals surface area contributed by atoms with Crippen LogP contribution in [-0.4, -0.2) is 23.5 Å². The van der Waals surface area contributed by atoms with Gasteiger partial charge >= 0.3 is 0 Å². The molecule has 0 amide bonds. The number of hydrogen-bond donors (Lipinski definition) is 1. The molecule has 19 heavy (non-hydrogen) atoms. The molecular weight excluding hydrogens is 239 g/mol. The summed E-state index contributed by atoms with van der Waals surface area (Å²) >= 11 is 0. The molecule has 1 saturated carbocycles. The molecule has 0 bridgehead atoms. The number of aryl methyl sites for hydroxylation is 1. The van der Waals surface area contributed by atoms with Crippen molar-refractivity contribution in [3.8, 4) is 0 Å². The van der Waals surface area contributed by atoms with Crippen molar-refractivity contribution < 1.29 is 4.39 Å². The highest BCUT2D eigenvalue weighted by Crippen LogP contribution is 2.23. The van der Waals surface area contributed by atoms with Gasteiger partial charge in [0.1, 0.15) is 5.82 Å². The van der Waals surface area contributed by atoms with Gasteiger partial charge in [0, 0.05) is 18.6 Å². The highest BCUT2D eigenvalue weighted by molar-refractivity contribution is 5.23. The molecule has 2 rings (SSSR count). The van der Waals surface area contributed by atoms with E-state index in [9.17, 15) is 4.39 Å². The molecular formula is C16H25FN2. The van der Waals surface area contributed by atoms with E-state index in [1.54, 1.807) is 6.07 Å². The minimum absolute atomic E-state index is 0.115. The molecule has 1 aromatic carbocycles. The van der Waals surface area contributed by atoms with Crippen LogP contribution in [0, 0.1) is 12.7 Å². The number of nitrogens with two attached hydrogens (primary N) is 1. The smallest absolute Gasteiger partial charge is 0.126 e. The maximum absolute atomic E-state index is 13.3. The molecule has 1 aliphatic carbocycles. The number of hydrogen-bond acceptors (Lipinski definition) is 2. The summed E-state index contributed by atoms with van der Waals surface area (Å²) in [6.07, 6.45) is 4.64. The maximum Gasteiger partial charge on any atom is 0.126 e. The van der Waals surface area contributed by atoms with Gasteiger partial charge in [0.25, 0.3) is 0 Å². The molecule has 106 valence electrons. The Morgan fingerprint density at radius 1 is 1.26 bits per heavy atom. The first kappa shape index (κ1) is 14.5. The summed E-state index contributed by atoms with van der Waals surface area (Å²) < 4.78 is 13.3. The molecule has 0 radical (unpaired) electrons. The lowest BCUT2D eigenvalue weighted by Crippen LogP contribution is -2.40. The Labute approximate surface area is 115 Å². The first-order valence-corrected chi connectivity index (χ1v) is 7.34. The Hall–Kier alpha value is -0.930. The summed E-state index contributed by atoms with van der Waals surface area (Å²) in [7, 11) is 0. The second-order valence-electron chi connectivity index (χ2n) is 5.72. The fraction of sp³-hybridized carbons (Fsp3) is 0.625. The Morgan fingerprint density at radius 2 is 1.95 bits per heavy atom. The van der Waals surface area contributed by atoms with Gasteiger partial charge in [0.05, 0.1) is 0 Å². The van der Waals surface area contributed by atoms with Crippen molar-refractivity contribution >= 4 is 0 Å². The standard InChI is InChI=1S/C16H25FN2/c1-3-19(15-7-5-14(18)6-8-15)11-13-4-9-16(17)12(2)10-13/h4,9-10,14-15H,3,5-8,11,18H2,1-2H3. The molecule has 1 aliphatic rings. The van der Waals surface area contributed by atoms with E-state index < -0.39 is 0 Å². The monoisotopic (exact) mass is 264 g/mol. The van der Waals surface area contributed by atoms with Crippen LogP contribution in [-0.2, 0) is 6.54 Å². The van der Waals surface area contributed by atoms with E-state index in [2.05, 4.69) is 11.8 Å². The van der Waals surface area contributed by atoms with Gasteiger partial charge in [-0.1, -0.05) is 19.1 Å². The molecule has 2 nitrogen and oxygen atoms in total. The fourth-order valence-electron chi connectivity index (χ4n) is 3.01. The summed E-state index contributed by atoms with van der Waals surface area (Å²) in [6, 6.07) is 6.47. The van der Waals surface area contributed by atoms with Crippen molar-refractivity contribution in [2.45, 2.75) is 58.2 Å². The molecule has 0 heterocycles. The average Bonchev–Trinajstić information content (AvgIpc) is 2.41. The fourth-order valence-corrected chi connectivity index (χ4v) is 3.01. The Bertz CT molecular complexity index is 411. The second-order valence-corrected chi connectivity index (χ2v) is 5.72. The van der Waals surface area contributed by atoms with E-state index in [0.717, 1.165) is 31.5 Å². The van der Waals surface area contributed by atoms with Gasteiger partial charge in [-0.3, -0.25) is 4.90 Å². The van der Waals surface area contributed by atoms with Gasteiger partial charge in [-0.25, -0.2) is 4.39 Å². The molecule has 3 heteroatoms. The van der Waals surface area contributed by atoms with Gasteiger partial charge in [-0.05, 0) is 56.3 Å². The van der Waals surface area contributed by atoms with Crippen LogP contribution < -0.4 is 5.73 Å². The lowest BCUT2D eigenvalue weighted by molar-refractivity contribution is 0.149. The second kappa shape index (κ2) is 6.49. The number of benzene rings is 1. The number of nitrogens with zero attached hydrogens (tertiary/aromatic N) is 1. The predicted molar refractivity (Wildman–Crippen MR) is 77.5 cm³/mol. The van der Waals surface area contributed by atoms with E-state index in [0.29, 0.717) is 12.1 Å². The minimum Gasteiger partial charge on any atom is -0.328 e. The highest BCUT2D eigenvalue weighted by atomic mass is 19.1. The van der Waals surface area contributed by atoms with Crippen molar-refractivity contribution in [1.29, 1.82) is 0 Å². The van der Waals surface area contributed by atoms with Crippen LogP contribution in [0.2, 0.25) is 0 Å². The molecule has 0 aromatic heterocycles. The SMILES string of the molecule is CCN(Cc1ccc(F)c(C)c1)C1CCC(N)CC1. The van der Waals surface area contributed by atoms with E-state index in [1.807, 2.05) is 19.1 Å². The third-order valence-electron chi connectivity index (χ3n) is 4.27. The van der Waals surface area contributed by atoms with E-state index in [-0.39, 0.29) is 5.82 Å². The van der Waals surface area contributed by atoms with Crippen LogP contribution in [0.3, 0.4) is 0 Å². The summed E-state index contributed by atoms with van der Waals surface area (Å²) in [6.45, 7) is 5.98. The number of rotatable bonds is 4. The van der Waals surface area contributed by atoms with Gasteiger partial charge < -0.3 is 5.73 Å². The molecule has 0 saturated heterocycles. The minimum atomic E-state index is -0.115. The average molecular weight is 264 g/mol. The van der Waals surface area contributed by atoms with Crippen LogP contribution in [0.5, 0.6) is 0 Å². The maximum atomic E-state index is 13.3. The largest absolute Gasteiger partial charge is 0.328 e. The van der Waals surface area contributed by atoms with Crippen LogP contribution in [0.25, 0.3) is 0 Å². The Morgan fingerprint density at radius 3 is 2.53 bits per heavy atom. The van der Waals surface area contributed by atoms with E-state index in [1.165, 1.54) is 18.4 Å². The van der Waals surface area contributed by atoms with Crippen molar-refractivity contribution in [2.75, 3.05) is 6.54 Å². The zero-order valence-electron chi connectivity index (χ0n) is 12.0.